The minimum atomic E-state index is -1.57. The highest BCUT2D eigenvalue weighted by molar-refractivity contribution is 5.98. The predicted molar refractivity (Wildman–Crippen MR) is 215 cm³/mol. The van der Waals surface area contributed by atoms with Gasteiger partial charge in [0.15, 0.2) is 5.96 Å². The summed E-state index contributed by atoms with van der Waals surface area (Å²) in [5.74, 6) is -7.20. The van der Waals surface area contributed by atoms with Gasteiger partial charge in [0.2, 0.25) is 47.3 Å². The van der Waals surface area contributed by atoms with E-state index in [0.29, 0.717) is 19.3 Å². The van der Waals surface area contributed by atoms with Crippen molar-refractivity contribution >= 4 is 59.2 Å². The third kappa shape index (κ3) is 13.4. The number of amides is 8. The van der Waals surface area contributed by atoms with Gasteiger partial charge in [0.25, 0.3) is 0 Å². The second kappa shape index (κ2) is 22.8. The number of nitrogens with one attached hydrogen (secondary N) is 5. The molecule has 10 atom stereocenters. The van der Waals surface area contributed by atoms with Gasteiger partial charge in [-0.05, 0) is 79.1 Å². The summed E-state index contributed by atoms with van der Waals surface area (Å²) in [6.07, 6.45) is 0.888. The average molecular weight is 867 g/mol. The standard InChI is InChI=1S/C37H62N12O12/c1-18(38)28(52)44-22(9-5-13-41-37(39)40)29(53)46-27(21(4)51)32(56)43-20(3)33(57)48-15-7-11-25(48)35(59)47-14-6-10-24(47)31(55)45-23(17-50)30(54)42-19(2)34(58)49-16-8-12-26(49)36(60)61/h18-27,50-51H,5-17,38H2,1-4H3,(H,42,54)(H,43,56)(H,44,52)(H,45,55)(H,46,53)(H,60,61)(H4,39,40,41)/t18-,19-,20-,21+,22-,23-,24-,25-,26-,27-/m0/s1. The van der Waals surface area contributed by atoms with Crippen LogP contribution in [0.25, 0.3) is 0 Å². The van der Waals surface area contributed by atoms with Crippen LogP contribution in [0.3, 0.4) is 0 Å². The van der Waals surface area contributed by atoms with Crippen LogP contribution in [0.1, 0.15) is 79.1 Å². The molecular formula is C37H62N12O12. The number of aliphatic hydroxyl groups is 2. The zero-order valence-electron chi connectivity index (χ0n) is 35.0. The van der Waals surface area contributed by atoms with Crippen molar-refractivity contribution in [3.8, 4) is 0 Å². The molecule has 0 spiro atoms. The zero-order valence-corrected chi connectivity index (χ0v) is 35.0. The van der Waals surface area contributed by atoms with Crippen LogP contribution < -0.4 is 43.8 Å². The number of nitrogens with zero attached hydrogens (tertiary/aromatic N) is 4. The molecule has 3 aliphatic heterocycles. The van der Waals surface area contributed by atoms with Gasteiger partial charge in [-0.2, -0.15) is 0 Å². The summed E-state index contributed by atoms with van der Waals surface area (Å²) in [7, 11) is 0. The van der Waals surface area contributed by atoms with Crippen LogP contribution in [0.15, 0.2) is 4.99 Å². The Bertz CT molecular complexity index is 1670. The van der Waals surface area contributed by atoms with Crippen molar-refractivity contribution in [2.45, 2.75) is 140 Å². The quantitative estimate of drug-likeness (QED) is 0.0309. The molecule has 0 saturated carbocycles. The van der Waals surface area contributed by atoms with E-state index in [2.05, 4.69) is 31.6 Å². The number of hydrogen-bond donors (Lipinski definition) is 11. The van der Waals surface area contributed by atoms with Gasteiger partial charge in [0.05, 0.1) is 18.8 Å². The van der Waals surface area contributed by atoms with E-state index in [9.17, 15) is 58.5 Å². The summed E-state index contributed by atoms with van der Waals surface area (Å²) in [6, 6.07) is -10.7. The average Bonchev–Trinajstić information content (AvgIpc) is 4.00. The number of aliphatic hydroxyl groups excluding tert-OH is 2. The summed E-state index contributed by atoms with van der Waals surface area (Å²) < 4.78 is 0. The van der Waals surface area contributed by atoms with Crippen molar-refractivity contribution in [1.29, 1.82) is 0 Å². The first-order valence-corrected chi connectivity index (χ1v) is 20.5. The number of carbonyl (C=O) groups excluding carboxylic acids is 8. The molecule has 0 aliphatic carbocycles. The van der Waals surface area contributed by atoms with Crippen LogP contribution in [0.4, 0.5) is 0 Å². The highest BCUT2D eigenvalue weighted by atomic mass is 16.4. The van der Waals surface area contributed by atoms with Crippen molar-refractivity contribution in [2.24, 2.45) is 22.2 Å². The molecule has 24 nitrogen and oxygen atoms in total. The molecule has 0 aromatic rings. The van der Waals surface area contributed by atoms with Crippen LogP contribution in [0, 0.1) is 0 Å². The van der Waals surface area contributed by atoms with Crippen LogP contribution in [0.2, 0.25) is 0 Å². The molecule has 8 amide bonds. The zero-order chi connectivity index (χ0) is 45.7. The van der Waals surface area contributed by atoms with Gasteiger partial charge >= 0.3 is 5.97 Å². The van der Waals surface area contributed by atoms with Gasteiger partial charge in [0.1, 0.15) is 48.3 Å². The Labute approximate surface area is 353 Å². The van der Waals surface area contributed by atoms with E-state index in [-0.39, 0.29) is 64.2 Å². The molecule has 3 saturated heterocycles. The first kappa shape index (κ1) is 49.7. The number of carbonyl (C=O) groups is 9. The van der Waals surface area contributed by atoms with Crippen molar-refractivity contribution in [2.75, 3.05) is 32.8 Å². The lowest BCUT2D eigenvalue weighted by Crippen LogP contribution is -2.61. The lowest BCUT2D eigenvalue weighted by molar-refractivity contribution is -0.149. The minimum absolute atomic E-state index is 0.0453. The van der Waals surface area contributed by atoms with Crippen molar-refractivity contribution in [1.82, 2.24) is 41.3 Å². The number of aliphatic imine (C=N–C) groups is 1. The number of rotatable bonds is 20. The fourth-order valence-corrected chi connectivity index (χ4v) is 7.50. The summed E-state index contributed by atoms with van der Waals surface area (Å²) in [5, 5.41) is 42.1. The smallest absolute Gasteiger partial charge is 0.326 e. The summed E-state index contributed by atoms with van der Waals surface area (Å²) >= 11 is 0. The number of carboxylic acid groups (broad SMARTS) is 1. The van der Waals surface area contributed by atoms with Gasteiger partial charge in [-0.15, -0.1) is 0 Å². The minimum Gasteiger partial charge on any atom is -0.480 e. The van der Waals surface area contributed by atoms with Gasteiger partial charge in [-0.3, -0.25) is 43.3 Å². The molecule has 61 heavy (non-hydrogen) atoms. The molecule has 14 N–H and O–H groups in total. The fourth-order valence-electron chi connectivity index (χ4n) is 7.50. The molecule has 3 heterocycles. The maximum Gasteiger partial charge on any atom is 0.326 e. The molecular weight excluding hydrogens is 804 g/mol. The van der Waals surface area contributed by atoms with E-state index < -0.39 is 120 Å². The van der Waals surface area contributed by atoms with Crippen LogP contribution in [-0.4, -0.2) is 182 Å². The molecule has 0 aromatic carbocycles. The molecule has 342 valence electrons. The number of guanidine groups is 1. The molecule has 0 unspecified atom stereocenters. The number of hydrogen-bond acceptors (Lipinski definition) is 13. The lowest BCUT2D eigenvalue weighted by atomic mass is 10.1. The van der Waals surface area contributed by atoms with Crippen LogP contribution in [-0.2, 0) is 43.2 Å². The highest BCUT2D eigenvalue weighted by Gasteiger charge is 2.44. The van der Waals surface area contributed by atoms with Gasteiger partial charge in [-0.25, -0.2) is 4.79 Å². The highest BCUT2D eigenvalue weighted by Crippen LogP contribution is 2.26. The number of nitrogens with two attached hydrogens (primary N) is 3. The normalized spacial score (nSPS) is 22.1. The van der Waals surface area contributed by atoms with E-state index in [1.54, 1.807) is 0 Å². The van der Waals surface area contributed by atoms with E-state index in [1.165, 1.54) is 37.5 Å². The summed E-state index contributed by atoms with van der Waals surface area (Å²) in [4.78, 5) is 125. The van der Waals surface area contributed by atoms with E-state index in [4.69, 9.17) is 17.2 Å². The second-order valence-corrected chi connectivity index (χ2v) is 15.6. The van der Waals surface area contributed by atoms with Gasteiger partial charge < -0.3 is 73.8 Å². The number of carboxylic acids is 1. The third-order valence-electron chi connectivity index (χ3n) is 10.8. The van der Waals surface area contributed by atoms with Crippen LogP contribution in [0.5, 0.6) is 0 Å². The second-order valence-electron chi connectivity index (χ2n) is 15.6. The molecule has 3 aliphatic rings. The Morgan fingerprint density at radius 3 is 1.70 bits per heavy atom. The third-order valence-corrected chi connectivity index (χ3v) is 10.8. The van der Waals surface area contributed by atoms with Crippen molar-refractivity contribution in [3.05, 3.63) is 0 Å². The Morgan fingerprint density at radius 2 is 1.18 bits per heavy atom. The summed E-state index contributed by atoms with van der Waals surface area (Å²) in [5.41, 5.74) is 16.3. The number of aliphatic carboxylic acids is 1. The predicted octanol–water partition coefficient (Wildman–Crippen LogP) is -5.72. The molecule has 0 aromatic heterocycles. The van der Waals surface area contributed by atoms with Gasteiger partial charge in [0, 0.05) is 26.2 Å². The Balaban J connectivity index is 1.63. The van der Waals surface area contributed by atoms with E-state index >= 15 is 0 Å². The first-order chi connectivity index (χ1) is 28.7. The SMILES string of the molecule is C[C@H](N)C(=O)N[C@@H](CCCN=C(N)N)C(=O)N[C@H](C(=O)N[C@@H](C)C(=O)N1CCC[C@H]1C(=O)N1CCC[C@H]1C(=O)N[C@@H](CO)C(=O)N[C@@H](C)C(=O)N1CCC[C@H]1C(=O)O)[C@@H](C)O. The van der Waals surface area contributed by atoms with Gasteiger partial charge in [-0.1, -0.05) is 0 Å². The Hall–Kier alpha value is -5.62. The maximum atomic E-state index is 14.0. The maximum absolute atomic E-state index is 14.0. The molecule has 0 bridgehead atoms. The van der Waals surface area contributed by atoms with Crippen LogP contribution >= 0.6 is 0 Å². The molecule has 3 fully saturated rings. The molecule has 3 rings (SSSR count). The summed E-state index contributed by atoms with van der Waals surface area (Å²) in [6.45, 7) is 5.17. The van der Waals surface area contributed by atoms with E-state index in [0.717, 1.165) is 4.90 Å². The van der Waals surface area contributed by atoms with E-state index in [1.807, 2.05) is 0 Å². The monoisotopic (exact) mass is 866 g/mol. The van der Waals surface area contributed by atoms with Crippen molar-refractivity contribution < 1.29 is 58.5 Å². The lowest BCUT2D eigenvalue weighted by Gasteiger charge is -2.33. The topological polar surface area (TPSA) is 375 Å². The Kier molecular flexibility index (Phi) is 18.6. The molecule has 24 heteroatoms. The molecule has 0 radical (unpaired) electrons. The Morgan fingerprint density at radius 1 is 0.672 bits per heavy atom. The first-order valence-electron chi connectivity index (χ1n) is 20.5. The van der Waals surface area contributed by atoms with Crippen molar-refractivity contribution in [3.63, 3.8) is 0 Å². The fraction of sp³-hybridized carbons (Fsp3) is 0.730. The largest absolute Gasteiger partial charge is 0.480 e. The number of likely N-dealkylation sites (tertiary alicyclic amines) is 3.